The zero-order valence-electron chi connectivity index (χ0n) is 14.8. The lowest BCUT2D eigenvalue weighted by molar-refractivity contribution is -0.121. The third kappa shape index (κ3) is 3.84. The van der Waals surface area contributed by atoms with Crippen molar-refractivity contribution in [2.75, 3.05) is 19.9 Å². The second-order valence-electron chi connectivity index (χ2n) is 6.68. The van der Waals surface area contributed by atoms with Crippen LogP contribution in [0.5, 0.6) is 11.5 Å². The molecule has 0 aliphatic carbocycles. The molecule has 1 amide bonds. The second kappa shape index (κ2) is 7.69. The Morgan fingerprint density at radius 2 is 2.15 bits per heavy atom. The quantitative estimate of drug-likeness (QED) is 0.730. The normalized spacial score (nSPS) is 18.1. The van der Waals surface area contributed by atoms with Gasteiger partial charge >= 0.3 is 0 Å². The van der Waals surface area contributed by atoms with E-state index in [1.165, 1.54) is 4.57 Å². The van der Waals surface area contributed by atoms with Crippen molar-refractivity contribution in [3.63, 3.8) is 0 Å². The number of aromatic nitrogens is 2. The van der Waals surface area contributed by atoms with Crippen LogP contribution in [-0.2, 0) is 16.1 Å². The highest BCUT2D eigenvalue weighted by molar-refractivity contribution is 7.71. The van der Waals surface area contributed by atoms with Crippen LogP contribution in [0.3, 0.4) is 0 Å². The molecule has 2 aliphatic heterocycles. The smallest absolute Gasteiger partial charge is 0.262 e. The lowest BCUT2D eigenvalue weighted by Gasteiger charge is -2.11. The van der Waals surface area contributed by atoms with E-state index in [1.807, 2.05) is 0 Å². The molecule has 3 heterocycles. The van der Waals surface area contributed by atoms with Crippen molar-refractivity contribution in [3.8, 4) is 11.5 Å². The van der Waals surface area contributed by atoms with Crippen LogP contribution in [0.4, 0.5) is 0 Å². The van der Waals surface area contributed by atoms with E-state index in [4.69, 9.17) is 26.4 Å². The molecule has 2 aliphatic rings. The molecule has 0 bridgehead atoms. The van der Waals surface area contributed by atoms with E-state index >= 15 is 0 Å². The van der Waals surface area contributed by atoms with Gasteiger partial charge in [0.25, 0.3) is 5.56 Å². The molecule has 0 spiro atoms. The molecule has 2 aromatic rings. The highest BCUT2D eigenvalue weighted by atomic mass is 32.1. The van der Waals surface area contributed by atoms with Gasteiger partial charge in [0.2, 0.25) is 12.7 Å². The molecule has 1 aromatic carbocycles. The number of H-pyrrole nitrogens is 1. The van der Waals surface area contributed by atoms with Crippen LogP contribution in [0, 0.1) is 4.77 Å². The number of hydrogen-bond donors (Lipinski definition) is 2. The summed E-state index contributed by atoms with van der Waals surface area (Å²) in [7, 11) is 0. The molecule has 1 fully saturated rings. The third-order valence-electron chi connectivity index (χ3n) is 4.81. The molecule has 0 radical (unpaired) electrons. The summed E-state index contributed by atoms with van der Waals surface area (Å²) in [5.41, 5.74) is 0.409. The van der Waals surface area contributed by atoms with Gasteiger partial charge in [-0.25, -0.2) is 0 Å². The van der Waals surface area contributed by atoms with Crippen molar-refractivity contribution in [1.82, 2.24) is 14.9 Å². The maximum atomic E-state index is 12.8. The standard InChI is InChI=1S/C18H21N3O5S/c22-16(19-9-11-3-2-6-24-11)4-1-5-21-17(23)12-7-14-15(26-10-25-14)8-13(12)20-18(21)27/h7-8,11H,1-6,9-10H2,(H,19,22)(H,20,27)/t11-/m1/s1. The topological polar surface area (TPSA) is 94.6 Å². The lowest BCUT2D eigenvalue weighted by Crippen LogP contribution is -2.32. The molecule has 4 rings (SSSR count). The summed E-state index contributed by atoms with van der Waals surface area (Å²) in [6.45, 7) is 1.82. The van der Waals surface area contributed by atoms with Crippen LogP contribution in [0.15, 0.2) is 16.9 Å². The van der Waals surface area contributed by atoms with Gasteiger partial charge in [-0.1, -0.05) is 0 Å². The summed E-state index contributed by atoms with van der Waals surface area (Å²) in [5, 5.41) is 3.36. The molecule has 9 heteroatoms. The summed E-state index contributed by atoms with van der Waals surface area (Å²) in [4.78, 5) is 27.8. The molecule has 2 N–H and O–H groups in total. The number of nitrogens with zero attached hydrogens (tertiary/aromatic N) is 1. The maximum Gasteiger partial charge on any atom is 0.262 e. The SMILES string of the molecule is O=C(CCCn1c(=S)[nH]c2cc3c(cc2c1=O)OCO3)NC[C@H]1CCCO1. The van der Waals surface area contributed by atoms with E-state index in [1.54, 1.807) is 12.1 Å². The van der Waals surface area contributed by atoms with Crippen LogP contribution in [0.2, 0.25) is 0 Å². The third-order valence-corrected chi connectivity index (χ3v) is 5.13. The van der Waals surface area contributed by atoms with E-state index in [2.05, 4.69) is 10.3 Å². The number of hydrogen-bond acceptors (Lipinski definition) is 6. The van der Waals surface area contributed by atoms with Crippen molar-refractivity contribution in [1.29, 1.82) is 0 Å². The number of carbonyl (C=O) groups is 1. The fourth-order valence-electron chi connectivity index (χ4n) is 3.36. The number of ether oxygens (including phenoxy) is 3. The van der Waals surface area contributed by atoms with Crippen LogP contribution in [0.25, 0.3) is 10.9 Å². The first kappa shape index (κ1) is 18.0. The van der Waals surface area contributed by atoms with Crippen molar-refractivity contribution >= 4 is 29.0 Å². The number of amides is 1. The van der Waals surface area contributed by atoms with E-state index in [-0.39, 0.29) is 24.4 Å². The molecule has 0 saturated carbocycles. The van der Waals surface area contributed by atoms with Gasteiger partial charge in [-0.15, -0.1) is 0 Å². The van der Waals surface area contributed by atoms with Gasteiger partial charge in [-0.3, -0.25) is 14.2 Å². The highest BCUT2D eigenvalue weighted by Crippen LogP contribution is 2.34. The molecule has 8 nitrogen and oxygen atoms in total. The molecular formula is C18H21N3O5S. The minimum Gasteiger partial charge on any atom is -0.454 e. The first-order valence-electron chi connectivity index (χ1n) is 9.06. The second-order valence-corrected chi connectivity index (χ2v) is 7.07. The summed E-state index contributed by atoms with van der Waals surface area (Å²) in [5.74, 6) is 1.09. The van der Waals surface area contributed by atoms with Gasteiger partial charge in [0.15, 0.2) is 16.3 Å². The first-order chi connectivity index (χ1) is 13.1. The van der Waals surface area contributed by atoms with Crippen LogP contribution < -0.4 is 20.3 Å². The number of benzene rings is 1. The fraction of sp³-hybridized carbons (Fsp3) is 0.500. The van der Waals surface area contributed by atoms with Crippen molar-refractivity contribution in [3.05, 3.63) is 27.3 Å². The van der Waals surface area contributed by atoms with Gasteiger partial charge in [-0.05, 0) is 37.5 Å². The summed E-state index contributed by atoms with van der Waals surface area (Å²) >= 11 is 5.32. The Hall–Kier alpha value is -2.39. The Morgan fingerprint density at radius 1 is 1.33 bits per heavy atom. The van der Waals surface area contributed by atoms with E-state index in [0.717, 1.165) is 19.4 Å². The zero-order valence-corrected chi connectivity index (χ0v) is 15.6. The Labute approximate surface area is 160 Å². The average molecular weight is 391 g/mol. The van der Waals surface area contributed by atoms with E-state index in [0.29, 0.717) is 53.1 Å². The summed E-state index contributed by atoms with van der Waals surface area (Å²) in [6.07, 6.45) is 3.00. The predicted octanol–water partition coefficient (Wildman–Crippen LogP) is 1.86. The Bertz CT molecular complexity index is 977. The first-order valence-corrected chi connectivity index (χ1v) is 9.47. The lowest BCUT2D eigenvalue weighted by atomic mass is 10.2. The monoisotopic (exact) mass is 391 g/mol. The zero-order chi connectivity index (χ0) is 18.8. The molecule has 1 saturated heterocycles. The van der Waals surface area contributed by atoms with Gasteiger partial charge in [-0.2, -0.15) is 0 Å². The molecular weight excluding hydrogens is 370 g/mol. The van der Waals surface area contributed by atoms with Crippen molar-refractivity contribution in [2.45, 2.75) is 38.3 Å². The molecule has 1 aromatic heterocycles. The Kier molecular flexibility index (Phi) is 5.13. The van der Waals surface area contributed by atoms with Gasteiger partial charge in [0.05, 0.1) is 17.0 Å². The minimum atomic E-state index is -0.202. The molecule has 27 heavy (non-hydrogen) atoms. The van der Waals surface area contributed by atoms with Crippen molar-refractivity contribution < 1.29 is 19.0 Å². The minimum absolute atomic E-state index is 0.0439. The Balaban J connectivity index is 1.41. The van der Waals surface area contributed by atoms with Crippen molar-refractivity contribution in [2.24, 2.45) is 0 Å². The Morgan fingerprint density at radius 3 is 2.93 bits per heavy atom. The number of rotatable bonds is 6. The maximum absolute atomic E-state index is 12.8. The molecule has 1 atom stereocenters. The van der Waals surface area contributed by atoms with Gasteiger partial charge in [0, 0.05) is 32.2 Å². The van der Waals surface area contributed by atoms with Gasteiger partial charge < -0.3 is 24.5 Å². The summed E-state index contributed by atoms with van der Waals surface area (Å²) < 4.78 is 18.0. The number of fused-ring (bicyclic) bond motifs is 2. The fourth-order valence-corrected chi connectivity index (χ4v) is 3.65. The molecule has 0 unspecified atom stereocenters. The van der Waals surface area contributed by atoms with Gasteiger partial charge in [0.1, 0.15) is 0 Å². The number of aromatic amines is 1. The van der Waals surface area contributed by atoms with E-state index < -0.39 is 0 Å². The van der Waals surface area contributed by atoms with E-state index in [9.17, 15) is 9.59 Å². The number of nitrogens with one attached hydrogen (secondary N) is 2. The largest absolute Gasteiger partial charge is 0.454 e. The van der Waals surface area contributed by atoms with Crippen LogP contribution in [0.1, 0.15) is 25.7 Å². The molecule has 144 valence electrons. The van der Waals surface area contributed by atoms with Crippen LogP contribution >= 0.6 is 12.2 Å². The summed E-state index contributed by atoms with van der Waals surface area (Å²) in [6, 6.07) is 3.38. The predicted molar refractivity (Wildman–Crippen MR) is 101 cm³/mol. The van der Waals surface area contributed by atoms with Crippen LogP contribution in [-0.4, -0.2) is 41.5 Å². The number of carbonyl (C=O) groups excluding carboxylic acids is 1. The highest BCUT2D eigenvalue weighted by Gasteiger charge is 2.18. The average Bonchev–Trinajstić information content (AvgIpc) is 3.32.